The van der Waals surface area contributed by atoms with Crippen LogP contribution in [0, 0.1) is 0 Å². The highest BCUT2D eigenvalue weighted by atomic mass is 79.9. The summed E-state index contributed by atoms with van der Waals surface area (Å²) in [7, 11) is 0. The molecule has 1 amide bonds. The molecule has 1 aliphatic carbocycles. The lowest BCUT2D eigenvalue weighted by molar-refractivity contribution is 0.0694. The van der Waals surface area contributed by atoms with Crippen molar-refractivity contribution in [1.82, 2.24) is 9.88 Å². The molecule has 1 heterocycles. The SMILES string of the molecule is O=C(c1cncc(Br)c1)N(CCCl)C1CCCC1. The van der Waals surface area contributed by atoms with Gasteiger partial charge in [0.25, 0.3) is 5.91 Å². The molecule has 0 N–H and O–H groups in total. The number of aromatic nitrogens is 1. The number of hydrogen-bond donors (Lipinski definition) is 0. The van der Waals surface area contributed by atoms with Gasteiger partial charge in [-0.25, -0.2) is 0 Å². The largest absolute Gasteiger partial charge is 0.334 e. The predicted molar refractivity (Wildman–Crippen MR) is 75.9 cm³/mol. The summed E-state index contributed by atoms with van der Waals surface area (Å²) >= 11 is 9.16. The number of amides is 1. The van der Waals surface area contributed by atoms with Crippen LogP contribution in [-0.4, -0.2) is 34.3 Å². The Morgan fingerprint density at radius 1 is 1.44 bits per heavy atom. The molecule has 1 saturated carbocycles. The Balaban J connectivity index is 2.17. The Morgan fingerprint density at radius 2 is 2.17 bits per heavy atom. The molecule has 1 fully saturated rings. The number of carbonyl (C=O) groups excluding carboxylic acids is 1. The Labute approximate surface area is 121 Å². The zero-order chi connectivity index (χ0) is 13.0. The van der Waals surface area contributed by atoms with Crippen LogP contribution in [0.3, 0.4) is 0 Å². The second-order valence-electron chi connectivity index (χ2n) is 4.52. The van der Waals surface area contributed by atoms with Crippen LogP contribution in [0.5, 0.6) is 0 Å². The lowest BCUT2D eigenvalue weighted by Gasteiger charge is -2.28. The van der Waals surface area contributed by atoms with Crippen molar-refractivity contribution in [1.29, 1.82) is 0 Å². The van der Waals surface area contributed by atoms with Crippen molar-refractivity contribution in [2.75, 3.05) is 12.4 Å². The third-order valence-electron chi connectivity index (χ3n) is 3.30. The van der Waals surface area contributed by atoms with Crippen molar-refractivity contribution in [2.45, 2.75) is 31.7 Å². The van der Waals surface area contributed by atoms with Gasteiger partial charge in [0.2, 0.25) is 0 Å². The summed E-state index contributed by atoms with van der Waals surface area (Å²) < 4.78 is 0.825. The van der Waals surface area contributed by atoms with E-state index in [4.69, 9.17) is 11.6 Å². The Morgan fingerprint density at radius 3 is 2.78 bits per heavy atom. The van der Waals surface area contributed by atoms with Gasteiger partial charge in [-0.3, -0.25) is 9.78 Å². The van der Waals surface area contributed by atoms with Gasteiger partial charge in [-0.1, -0.05) is 12.8 Å². The van der Waals surface area contributed by atoms with Crippen molar-refractivity contribution in [2.24, 2.45) is 0 Å². The normalized spacial score (nSPS) is 15.9. The summed E-state index contributed by atoms with van der Waals surface area (Å²) in [6.07, 6.45) is 7.87. The maximum Gasteiger partial charge on any atom is 0.255 e. The van der Waals surface area contributed by atoms with Gasteiger partial charge in [-0.2, -0.15) is 0 Å². The summed E-state index contributed by atoms with van der Waals surface area (Å²) in [6.45, 7) is 0.609. The quantitative estimate of drug-likeness (QED) is 0.792. The van der Waals surface area contributed by atoms with Crippen molar-refractivity contribution in [3.63, 3.8) is 0 Å². The van der Waals surface area contributed by atoms with E-state index in [9.17, 15) is 4.79 Å². The number of pyridine rings is 1. The molecule has 0 aromatic carbocycles. The fourth-order valence-electron chi connectivity index (χ4n) is 2.45. The summed E-state index contributed by atoms with van der Waals surface area (Å²) in [5.74, 6) is 0.514. The Hall–Kier alpha value is -0.610. The molecule has 18 heavy (non-hydrogen) atoms. The monoisotopic (exact) mass is 330 g/mol. The minimum atomic E-state index is 0.0383. The molecule has 0 saturated heterocycles. The highest BCUT2D eigenvalue weighted by Gasteiger charge is 2.27. The molecule has 98 valence electrons. The molecule has 2 rings (SSSR count). The molecule has 1 aliphatic rings. The molecule has 1 aromatic heterocycles. The van der Waals surface area contributed by atoms with Crippen LogP contribution in [0.1, 0.15) is 36.0 Å². The summed E-state index contributed by atoms with van der Waals surface area (Å²) in [6, 6.07) is 2.15. The Kier molecular flexibility index (Phi) is 5.01. The maximum absolute atomic E-state index is 12.5. The fraction of sp³-hybridized carbons (Fsp3) is 0.538. The van der Waals surface area contributed by atoms with Gasteiger partial charge in [-0.05, 0) is 34.8 Å². The number of hydrogen-bond acceptors (Lipinski definition) is 2. The van der Waals surface area contributed by atoms with E-state index in [0.29, 0.717) is 24.0 Å². The first-order chi connectivity index (χ1) is 8.72. The first-order valence-corrected chi connectivity index (χ1v) is 7.52. The standard InChI is InChI=1S/C13H16BrClN2O/c14-11-7-10(8-16-9-11)13(18)17(6-5-15)12-3-1-2-4-12/h7-9,12H,1-6H2. The first kappa shape index (κ1) is 13.8. The van der Waals surface area contributed by atoms with E-state index in [1.807, 2.05) is 11.0 Å². The van der Waals surface area contributed by atoms with Gasteiger partial charge in [0.15, 0.2) is 0 Å². The van der Waals surface area contributed by atoms with Crippen molar-refractivity contribution >= 4 is 33.4 Å². The smallest absolute Gasteiger partial charge is 0.255 e. The van der Waals surface area contributed by atoms with E-state index in [1.165, 1.54) is 12.8 Å². The number of halogens is 2. The Bertz CT molecular complexity index is 421. The fourth-order valence-corrected chi connectivity index (χ4v) is 3.00. The van der Waals surface area contributed by atoms with E-state index < -0.39 is 0 Å². The van der Waals surface area contributed by atoms with E-state index in [2.05, 4.69) is 20.9 Å². The third-order valence-corrected chi connectivity index (χ3v) is 3.91. The number of rotatable bonds is 4. The number of carbonyl (C=O) groups is 1. The lowest BCUT2D eigenvalue weighted by atomic mass is 10.1. The lowest BCUT2D eigenvalue weighted by Crippen LogP contribution is -2.40. The van der Waals surface area contributed by atoms with Crippen molar-refractivity contribution in [3.8, 4) is 0 Å². The van der Waals surface area contributed by atoms with Crippen molar-refractivity contribution < 1.29 is 4.79 Å². The molecule has 1 aromatic rings. The minimum Gasteiger partial charge on any atom is -0.334 e. The topological polar surface area (TPSA) is 33.2 Å². The van der Waals surface area contributed by atoms with Crippen LogP contribution in [0.2, 0.25) is 0 Å². The van der Waals surface area contributed by atoms with Crippen LogP contribution >= 0.6 is 27.5 Å². The van der Waals surface area contributed by atoms with Gasteiger partial charge in [0.1, 0.15) is 0 Å². The van der Waals surface area contributed by atoms with Gasteiger partial charge in [0, 0.05) is 35.3 Å². The van der Waals surface area contributed by atoms with Crippen LogP contribution < -0.4 is 0 Å². The first-order valence-electron chi connectivity index (χ1n) is 6.20. The van der Waals surface area contributed by atoms with Gasteiger partial charge in [-0.15, -0.1) is 11.6 Å². The zero-order valence-corrected chi connectivity index (χ0v) is 12.5. The number of nitrogens with zero attached hydrogens (tertiary/aromatic N) is 2. The van der Waals surface area contributed by atoms with Gasteiger partial charge in [0.05, 0.1) is 5.56 Å². The summed E-state index contributed by atoms with van der Waals surface area (Å²) in [5.41, 5.74) is 0.626. The van der Waals surface area contributed by atoms with E-state index in [0.717, 1.165) is 17.3 Å². The maximum atomic E-state index is 12.5. The van der Waals surface area contributed by atoms with Crippen LogP contribution in [0.4, 0.5) is 0 Å². The molecule has 5 heteroatoms. The molecule has 0 aliphatic heterocycles. The molecule has 0 unspecified atom stereocenters. The molecule has 0 radical (unpaired) electrons. The van der Waals surface area contributed by atoms with Crippen LogP contribution in [0.15, 0.2) is 22.9 Å². The third kappa shape index (κ3) is 3.23. The number of alkyl halides is 1. The molecule has 0 bridgehead atoms. The average Bonchev–Trinajstić information content (AvgIpc) is 2.89. The second kappa shape index (κ2) is 6.53. The highest BCUT2D eigenvalue weighted by molar-refractivity contribution is 9.10. The van der Waals surface area contributed by atoms with E-state index in [-0.39, 0.29) is 5.91 Å². The predicted octanol–water partition coefficient (Wildman–Crippen LogP) is 3.47. The van der Waals surface area contributed by atoms with E-state index >= 15 is 0 Å². The van der Waals surface area contributed by atoms with Crippen molar-refractivity contribution in [3.05, 3.63) is 28.5 Å². The molecule has 0 atom stereocenters. The summed E-state index contributed by atoms with van der Waals surface area (Å²) in [5, 5.41) is 0. The van der Waals surface area contributed by atoms with Gasteiger partial charge >= 0.3 is 0 Å². The van der Waals surface area contributed by atoms with E-state index in [1.54, 1.807) is 12.4 Å². The average molecular weight is 332 g/mol. The molecule has 3 nitrogen and oxygen atoms in total. The zero-order valence-electron chi connectivity index (χ0n) is 10.1. The van der Waals surface area contributed by atoms with Gasteiger partial charge < -0.3 is 4.90 Å². The molecular formula is C13H16BrClN2O. The van der Waals surface area contributed by atoms with Crippen LogP contribution in [0.25, 0.3) is 0 Å². The molecular weight excluding hydrogens is 316 g/mol. The van der Waals surface area contributed by atoms with Crippen LogP contribution in [-0.2, 0) is 0 Å². The highest BCUT2D eigenvalue weighted by Crippen LogP contribution is 2.25. The summed E-state index contributed by atoms with van der Waals surface area (Å²) in [4.78, 5) is 18.4. The molecule has 0 spiro atoms. The minimum absolute atomic E-state index is 0.0383. The second-order valence-corrected chi connectivity index (χ2v) is 5.81.